The summed E-state index contributed by atoms with van der Waals surface area (Å²) in [6.07, 6.45) is 0.141. The van der Waals surface area contributed by atoms with Crippen LogP contribution in [0.25, 0.3) is 0 Å². The van der Waals surface area contributed by atoms with Crippen molar-refractivity contribution < 1.29 is 14.4 Å². The lowest BCUT2D eigenvalue weighted by atomic mass is 10.00. The Labute approximate surface area is 118 Å². The number of nitrogens with two attached hydrogens (primary N) is 1. The molecule has 0 aliphatic rings. The fourth-order valence-electron chi connectivity index (χ4n) is 1.67. The molecule has 4 N–H and O–H groups in total. The molecule has 0 fully saturated rings. The lowest BCUT2D eigenvalue weighted by Gasteiger charge is -2.24. The average Bonchev–Trinajstić information content (AvgIpc) is 2.33. The highest BCUT2D eigenvalue weighted by atomic mass is 16.2. The second-order valence-corrected chi connectivity index (χ2v) is 5.15. The van der Waals surface area contributed by atoms with Gasteiger partial charge >= 0.3 is 0 Å². The molecule has 0 aliphatic carbocycles. The minimum absolute atomic E-state index is 0.138. The fraction of sp³-hybridized carbons (Fsp3) is 0.692. The summed E-state index contributed by atoms with van der Waals surface area (Å²) in [6, 6.07) is 0.311. The van der Waals surface area contributed by atoms with Gasteiger partial charge in [-0.25, -0.2) is 0 Å². The molecule has 0 aromatic rings. The van der Waals surface area contributed by atoms with Crippen LogP contribution in [-0.2, 0) is 14.4 Å². The maximum atomic E-state index is 12.1. The fourth-order valence-corrected chi connectivity index (χ4v) is 1.67. The molecule has 3 atom stereocenters. The number of rotatable bonds is 7. The number of hydrogen-bond donors (Lipinski definition) is 3. The topological polar surface area (TPSA) is 125 Å². The van der Waals surface area contributed by atoms with Crippen LogP contribution in [0.3, 0.4) is 0 Å². The summed E-state index contributed by atoms with van der Waals surface area (Å²) in [6.45, 7) is 6.50. The molecule has 3 amide bonds. The third kappa shape index (κ3) is 6.18. The molecule has 0 aliphatic heterocycles. The molecule has 0 aromatic heterocycles. The summed E-state index contributed by atoms with van der Waals surface area (Å²) in [7, 11) is 0. The Kier molecular flexibility index (Phi) is 7.29. The van der Waals surface area contributed by atoms with E-state index in [0.717, 1.165) is 0 Å². The maximum absolute atomic E-state index is 12.1. The van der Waals surface area contributed by atoms with Crippen LogP contribution in [0.4, 0.5) is 0 Å². The van der Waals surface area contributed by atoms with E-state index in [4.69, 9.17) is 11.0 Å². The molecule has 0 aromatic carbocycles. The first-order valence-corrected chi connectivity index (χ1v) is 6.45. The van der Waals surface area contributed by atoms with E-state index in [0.29, 0.717) is 0 Å². The number of primary amides is 1. The summed E-state index contributed by atoms with van der Waals surface area (Å²) in [4.78, 5) is 34.5. The van der Waals surface area contributed by atoms with E-state index >= 15 is 0 Å². The predicted octanol–water partition coefficient (Wildman–Crippen LogP) is -0.333. The van der Waals surface area contributed by atoms with Gasteiger partial charge in [0.2, 0.25) is 17.7 Å². The van der Waals surface area contributed by atoms with Crippen LogP contribution < -0.4 is 16.4 Å². The van der Waals surface area contributed by atoms with E-state index in [-0.39, 0.29) is 18.2 Å². The summed E-state index contributed by atoms with van der Waals surface area (Å²) >= 11 is 0. The van der Waals surface area contributed by atoms with Gasteiger partial charge in [-0.3, -0.25) is 14.4 Å². The van der Waals surface area contributed by atoms with Gasteiger partial charge in [0, 0.05) is 12.8 Å². The van der Waals surface area contributed by atoms with Crippen LogP contribution in [0, 0.1) is 23.2 Å². The Hall–Kier alpha value is -2.10. The molecule has 0 bridgehead atoms. The molecule has 20 heavy (non-hydrogen) atoms. The Balaban J connectivity index is 4.84. The highest BCUT2D eigenvalue weighted by Crippen LogP contribution is 2.07. The third-order valence-corrected chi connectivity index (χ3v) is 2.78. The Morgan fingerprint density at radius 1 is 1.20 bits per heavy atom. The van der Waals surface area contributed by atoms with Crippen molar-refractivity contribution in [2.45, 2.75) is 46.2 Å². The van der Waals surface area contributed by atoms with Gasteiger partial charge in [-0.1, -0.05) is 13.8 Å². The van der Waals surface area contributed by atoms with Gasteiger partial charge < -0.3 is 16.4 Å². The van der Waals surface area contributed by atoms with Crippen LogP contribution in [-0.4, -0.2) is 29.8 Å². The number of nitriles is 1. The van der Waals surface area contributed by atoms with E-state index in [1.165, 1.54) is 6.92 Å². The number of amides is 3. The van der Waals surface area contributed by atoms with E-state index in [9.17, 15) is 14.4 Å². The molecule has 0 spiro atoms. The van der Waals surface area contributed by atoms with Crippen LogP contribution in [0.15, 0.2) is 0 Å². The van der Waals surface area contributed by atoms with Gasteiger partial charge in [-0.15, -0.1) is 0 Å². The van der Waals surface area contributed by atoms with Gasteiger partial charge in [-0.2, -0.15) is 5.26 Å². The van der Waals surface area contributed by atoms with Gasteiger partial charge in [0.05, 0.1) is 6.07 Å². The minimum Gasteiger partial charge on any atom is -0.368 e. The normalized spacial score (nSPS) is 14.8. The Bertz CT molecular complexity index is 414. The van der Waals surface area contributed by atoms with Crippen LogP contribution in [0.5, 0.6) is 0 Å². The molecule has 0 rings (SSSR count). The highest BCUT2D eigenvalue weighted by Gasteiger charge is 2.27. The van der Waals surface area contributed by atoms with Crippen molar-refractivity contribution in [3.8, 4) is 6.07 Å². The van der Waals surface area contributed by atoms with Gasteiger partial charge in [-0.05, 0) is 19.3 Å². The molecule has 7 nitrogen and oxygen atoms in total. The maximum Gasteiger partial charge on any atom is 0.243 e. The lowest BCUT2D eigenvalue weighted by molar-refractivity contribution is -0.132. The molecule has 0 saturated carbocycles. The first-order valence-electron chi connectivity index (χ1n) is 6.45. The quantitative estimate of drug-likeness (QED) is 0.591. The van der Waals surface area contributed by atoms with Crippen molar-refractivity contribution >= 4 is 17.7 Å². The molecule has 112 valence electrons. The van der Waals surface area contributed by atoms with Gasteiger partial charge in [0.15, 0.2) is 0 Å². The predicted molar refractivity (Wildman–Crippen MR) is 73.0 cm³/mol. The summed E-state index contributed by atoms with van der Waals surface area (Å²) in [5, 5.41) is 13.8. The average molecular weight is 282 g/mol. The first kappa shape index (κ1) is 17.9. The van der Waals surface area contributed by atoms with Gasteiger partial charge in [0.25, 0.3) is 0 Å². The van der Waals surface area contributed by atoms with E-state index in [1.807, 2.05) is 6.07 Å². The summed E-state index contributed by atoms with van der Waals surface area (Å²) < 4.78 is 0. The van der Waals surface area contributed by atoms with Crippen molar-refractivity contribution in [3.05, 3.63) is 0 Å². The number of nitrogens with one attached hydrogen (secondary N) is 2. The van der Waals surface area contributed by atoms with Crippen LogP contribution in [0.1, 0.15) is 34.1 Å². The number of carbonyl (C=O) groups excluding carboxylic acids is 3. The molecule has 0 radical (unpaired) electrons. The Morgan fingerprint density at radius 2 is 1.75 bits per heavy atom. The standard InChI is InChI=1S/C13H22N4O3/c1-7(2)11(16-9(4)18)13(20)17-10(12(15)19)5-8(3)6-14/h7-8,10-11H,5H2,1-4H3,(H2,15,19)(H,16,18)(H,17,20)/t8-,10-,11-/m1/s1. The van der Waals surface area contributed by atoms with Crippen molar-refractivity contribution in [2.75, 3.05) is 0 Å². The number of nitrogens with zero attached hydrogens (tertiary/aromatic N) is 1. The summed E-state index contributed by atoms with van der Waals surface area (Å²) in [5.41, 5.74) is 5.22. The largest absolute Gasteiger partial charge is 0.368 e. The lowest BCUT2D eigenvalue weighted by Crippen LogP contribution is -2.54. The number of hydrogen-bond acceptors (Lipinski definition) is 4. The molecular weight excluding hydrogens is 260 g/mol. The van der Waals surface area contributed by atoms with Crippen molar-refractivity contribution in [1.82, 2.24) is 10.6 Å². The molecule has 0 saturated heterocycles. The number of carbonyl (C=O) groups is 3. The molecule has 0 heterocycles. The third-order valence-electron chi connectivity index (χ3n) is 2.78. The van der Waals surface area contributed by atoms with Gasteiger partial charge in [0.1, 0.15) is 12.1 Å². The van der Waals surface area contributed by atoms with E-state index in [2.05, 4.69) is 10.6 Å². The zero-order valence-electron chi connectivity index (χ0n) is 12.3. The van der Waals surface area contributed by atoms with Crippen molar-refractivity contribution in [3.63, 3.8) is 0 Å². The van der Waals surface area contributed by atoms with E-state index in [1.54, 1.807) is 20.8 Å². The zero-order valence-corrected chi connectivity index (χ0v) is 12.3. The Morgan fingerprint density at radius 3 is 2.10 bits per heavy atom. The minimum atomic E-state index is -0.924. The smallest absolute Gasteiger partial charge is 0.243 e. The second-order valence-electron chi connectivity index (χ2n) is 5.15. The summed E-state index contributed by atoms with van der Waals surface area (Å²) in [5.74, 6) is -2.07. The van der Waals surface area contributed by atoms with E-state index < -0.39 is 29.8 Å². The highest BCUT2D eigenvalue weighted by molar-refractivity contribution is 5.91. The van der Waals surface area contributed by atoms with Crippen molar-refractivity contribution in [1.29, 1.82) is 5.26 Å². The molecule has 7 heteroatoms. The second kappa shape index (κ2) is 8.15. The first-order chi connectivity index (χ1) is 9.18. The monoisotopic (exact) mass is 282 g/mol. The zero-order chi connectivity index (χ0) is 15.9. The SMILES string of the molecule is CC(=O)N[C@@H](C(=O)N[C@H](C[C@@H](C)C#N)C(N)=O)C(C)C. The van der Waals surface area contributed by atoms with Crippen LogP contribution in [0.2, 0.25) is 0 Å². The van der Waals surface area contributed by atoms with Crippen LogP contribution >= 0.6 is 0 Å². The molecular formula is C13H22N4O3. The molecule has 0 unspecified atom stereocenters. The van der Waals surface area contributed by atoms with Crippen molar-refractivity contribution in [2.24, 2.45) is 17.6 Å².